The zero-order valence-corrected chi connectivity index (χ0v) is 9.68. The van der Waals surface area contributed by atoms with Crippen LogP contribution in [0.5, 0.6) is 0 Å². The van der Waals surface area contributed by atoms with Crippen LogP contribution in [0, 0.1) is 6.92 Å². The van der Waals surface area contributed by atoms with Gasteiger partial charge in [0, 0.05) is 11.3 Å². The second kappa shape index (κ2) is 4.78. The third-order valence-electron chi connectivity index (χ3n) is 2.49. The Morgan fingerprint density at radius 1 is 1.24 bits per heavy atom. The lowest BCUT2D eigenvalue weighted by molar-refractivity contribution is -0.117. The molecule has 3 heteroatoms. The first-order valence-corrected chi connectivity index (χ1v) is 5.46. The number of pyridine rings is 1. The molecule has 2 aromatic rings. The number of rotatable bonds is 3. The van der Waals surface area contributed by atoms with Crippen molar-refractivity contribution in [2.24, 2.45) is 5.73 Å². The van der Waals surface area contributed by atoms with Crippen molar-refractivity contribution in [3.05, 3.63) is 53.7 Å². The van der Waals surface area contributed by atoms with E-state index in [1.807, 2.05) is 49.4 Å². The second-order valence-electron chi connectivity index (χ2n) is 4.01. The fourth-order valence-electron chi connectivity index (χ4n) is 1.75. The van der Waals surface area contributed by atoms with E-state index in [1.165, 1.54) is 0 Å². The largest absolute Gasteiger partial charge is 0.369 e. The van der Waals surface area contributed by atoms with Gasteiger partial charge in [0.2, 0.25) is 5.91 Å². The summed E-state index contributed by atoms with van der Waals surface area (Å²) >= 11 is 0. The standard InChI is InChI=1S/C14H14N2O/c1-10-4-2-7-13(16-10)12-6-3-5-11(8-12)9-14(15)17/h2-8H,9H2,1H3,(H2,15,17). The molecule has 0 aliphatic heterocycles. The van der Waals surface area contributed by atoms with Crippen LogP contribution in [-0.4, -0.2) is 10.9 Å². The highest BCUT2D eigenvalue weighted by atomic mass is 16.1. The zero-order valence-electron chi connectivity index (χ0n) is 9.68. The van der Waals surface area contributed by atoms with Crippen molar-refractivity contribution in [2.75, 3.05) is 0 Å². The molecule has 1 amide bonds. The van der Waals surface area contributed by atoms with Gasteiger partial charge in [0.1, 0.15) is 0 Å². The number of aromatic nitrogens is 1. The van der Waals surface area contributed by atoms with Crippen LogP contribution in [0.25, 0.3) is 11.3 Å². The Bertz CT molecular complexity index is 549. The summed E-state index contributed by atoms with van der Waals surface area (Å²) in [4.78, 5) is 15.3. The minimum atomic E-state index is -0.320. The molecule has 0 aliphatic rings. The highest BCUT2D eigenvalue weighted by Crippen LogP contribution is 2.18. The SMILES string of the molecule is Cc1cccc(-c2cccc(CC(N)=O)c2)n1. The van der Waals surface area contributed by atoms with Gasteiger partial charge in [-0.25, -0.2) is 0 Å². The molecule has 0 spiro atoms. The monoisotopic (exact) mass is 226 g/mol. The average molecular weight is 226 g/mol. The Kier molecular flexibility index (Phi) is 3.19. The van der Waals surface area contributed by atoms with Crippen LogP contribution in [0.3, 0.4) is 0 Å². The summed E-state index contributed by atoms with van der Waals surface area (Å²) in [7, 11) is 0. The maximum atomic E-state index is 10.9. The maximum absolute atomic E-state index is 10.9. The number of benzene rings is 1. The number of hydrogen-bond donors (Lipinski definition) is 1. The lowest BCUT2D eigenvalue weighted by atomic mass is 10.1. The van der Waals surface area contributed by atoms with E-state index >= 15 is 0 Å². The Balaban J connectivity index is 2.36. The predicted molar refractivity (Wildman–Crippen MR) is 67.3 cm³/mol. The number of nitrogens with two attached hydrogens (primary N) is 1. The Labute approximate surface area is 100 Å². The van der Waals surface area contributed by atoms with Crippen molar-refractivity contribution >= 4 is 5.91 Å². The summed E-state index contributed by atoms with van der Waals surface area (Å²) < 4.78 is 0. The molecule has 0 saturated carbocycles. The molecule has 17 heavy (non-hydrogen) atoms. The van der Waals surface area contributed by atoms with Crippen molar-refractivity contribution in [3.63, 3.8) is 0 Å². The summed E-state index contributed by atoms with van der Waals surface area (Å²) in [6.45, 7) is 1.96. The van der Waals surface area contributed by atoms with Gasteiger partial charge in [0.15, 0.2) is 0 Å². The Morgan fingerprint density at radius 2 is 2.00 bits per heavy atom. The normalized spacial score (nSPS) is 10.2. The van der Waals surface area contributed by atoms with Crippen molar-refractivity contribution in [3.8, 4) is 11.3 Å². The lowest BCUT2D eigenvalue weighted by Crippen LogP contribution is -2.13. The fourth-order valence-corrected chi connectivity index (χ4v) is 1.75. The van der Waals surface area contributed by atoms with E-state index in [-0.39, 0.29) is 12.3 Å². The third kappa shape index (κ3) is 2.91. The second-order valence-corrected chi connectivity index (χ2v) is 4.01. The van der Waals surface area contributed by atoms with Crippen LogP contribution in [0.15, 0.2) is 42.5 Å². The smallest absolute Gasteiger partial charge is 0.221 e. The molecule has 1 aromatic carbocycles. The van der Waals surface area contributed by atoms with E-state index in [0.29, 0.717) is 0 Å². The van der Waals surface area contributed by atoms with Gasteiger partial charge in [0.05, 0.1) is 12.1 Å². The van der Waals surface area contributed by atoms with Gasteiger partial charge < -0.3 is 5.73 Å². The van der Waals surface area contributed by atoms with Crippen LogP contribution >= 0.6 is 0 Å². The summed E-state index contributed by atoms with van der Waals surface area (Å²) in [5.74, 6) is -0.320. The summed E-state index contributed by atoms with van der Waals surface area (Å²) in [5.41, 5.74) is 8.99. The first kappa shape index (κ1) is 11.3. The molecule has 0 bridgehead atoms. The molecule has 0 radical (unpaired) electrons. The van der Waals surface area contributed by atoms with E-state index in [1.54, 1.807) is 0 Å². The Hall–Kier alpha value is -2.16. The van der Waals surface area contributed by atoms with Crippen molar-refractivity contribution in [1.29, 1.82) is 0 Å². The van der Waals surface area contributed by atoms with E-state index in [9.17, 15) is 4.79 Å². The Morgan fingerprint density at radius 3 is 2.71 bits per heavy atom. The van der Waals surface area contributed by atoms with Crippen molar-refractivity contribution < 1.29 is 4.79 Å². The molecule has 3 nitrogen and oxygen atoms in total. The minimum Gasteiger partial charge on any atom is -0.369 e. The molecule has 1 heterocycles. The quantitative estimate of drug-likeness (QED) is 0.871. The predicted octanol–water partition coefficient (Wildman–Crippen LogP) is 2.08. The minimum absolute atomic E-state index is 0.264. The fraction of sp³-hybridized carbons (Fsp3) is 0.143. The molecular formula is C14H14N2O. The number of carbonyl (C=O) groups is 1. The number of amides is 1. The first-order chi connectivity index (χ1) is 8.15. The molecule has 86 valence electrons. The van der Waals surface area contributed by atoms with Gasteiger partial charge in [0.25, 0.3) is 0 Å². The molecule has 0 unspecified atom stereocenters. The van der Waals surface area contributed by atoms with E-state index in [4.69, 9.17) is 5.73 Å². The van der Waals surface area contributed by atoms with Crippen LogP contribution in [0.4, 0.5) is 0 Å². The van der Waals surface area contributed by atoms with Crippen LogP contribution in [0.1, 0.15) is 11.3 Å². The number of nitrogens with zero attached hydrogens (tertiary/aromatic N) is 1. The molecule has 0 aliphatic carbocycles. The van der Waals surface area contributed by atoms with E-state index in [2.05, 4.69) is 4.98 Å². The highest BCUT2D eigenvalue weighted by molar-refractivity contribution is 5.77. The number of hydrogen-bond acceptors (Lipinski definition) is 2. The van der Waals surface area contributed by atoms with Gasteiger partial charge in [-0.3, -0.25) is 9.78 Å². The topological polar surface area (TPSA) is 56.0 Å². The van der Waals surface area contributed by atoms with Crippen LogP contribution in [-0.2, 0) is 11.2 Å². The molecule has 2 N–H and O–H groups in total. The first-order valence-electron chi connectivity index (χ1n) is 5.46. The van der Waals surface area contributed by atoms with Crippen LogP contribution < -0.4 is 5.73 Å². The van der Waals surface area contributed by atoms with Gasteiger partial charge in [-0.15, -0.1) is 0 Å². The van der Waals surface area contributed by atoms with E-state index in [0.717, 1.165) is 22.5 Å². The molecule has 2 rings (SSSR count). The van der Waals surface area contributed by atoms with Crippen molar-refractivity contribution in [2.45, 2.75) is 13.3 Å². The number of primary amides is 1. The average Bonchev–Trinajstić information content (AvgIpc) is 2.28. The zero-order chi connectivity index (χ0) is 12.3. The van der Waals surface area contributed by atoms with Gasteiger partial charge in [-0.2, -0.15) is 0 Å². The molecule has 0 atom stereocenters. The molecule has 0 saturated heterocycles. The number of aryl methyl sites for hydroxylation is 1. The molecular weight excluding hydrogens is 212 g/mol. The van der Waals surface area contributed by atoms with Gasteiger partial charge >= 0.3 is 0 Å². The summed E-state index contributed by atoms with van der Waals surface area (Å²) in [6, 6.07) is 13.6. The summed E-state index contributed by atoms with van der Waals surface area (Å²) in [6.07, 6.45) is 0.264. The molecule has 0 fully saturated rings. The summed E-state index contributed by atoms with van der Waals surface area (Å²) in [5, 5.41) is 0. The lowest BCUT2D eigenvalue weighted by Gasteiger charge is -2.04. The van der Waals surface area contributed by atoms with Gasteiger partial charge in [-0.05, 0) is 30.7 Å². The molecule has 1 aromatic heterocycles. The van der Waals surface area contributed by atoms with Gasteiger partial charge in [-0.1, -0.05) is 24.3 Å². The van der Waals surface area contributed by atoms with Crippen molar-refractivity contribution in [1.82, 2.24) is 4.98 Å². The maximum Gasteiger partial charge on any atom is 0.221 e. The third-order valence-corrected chi connectivity index (χ3v) is 2.49. The highest BCUT2D eigenvalue weighted by Gasteiger charge is 2.03. The van der Waals surface area contributed by atoms with Crippen LogP contribution in [0.2, 0.25) is 0 Å². The number of carbonyl (C=O) groups excluding carboxylic acids is 1. The van der Waals surface area contributed by atoms with E-state index < -0.39 is 0 Å².